The number of ether oxygens (including phenoxy) is 2. The highest BCUT2D eigenvalue weighted by atomic mass is 16.6. The summed E-state index contributed by atoms with van der Waals surface area (Å²) >= 11 is 0. The van der Waals surface area contributed by atoms with Gasteiger partial charge in [0.05, 0.1) is 25.3 Å². The first kappa shape index (κ1) is 10.2. The summed E-state index contributed by atoms with van der Waals surface area (Å²) < 4.78 is 10.8. The molecule has 2 rings (SSSR count). The summed E-state index contributed by atoms with van der Waals surface area (Å²) in [4.78, 5) is 13.5. The molecule has 1 N–H and O–H groups in total. The molecule has 2 aliphatic rings. The number of hydrogen-bond donors (Lipinski definition) is 1. The number of fused-ring (bicyclic) bond motifs is 1. The van der Waals surface area contributed by atoms with Crippen LogP contribution in [0.5, 0.6) is 0 Å². The normalized spacial score (nSPS) is 37.4. The van der Waals surface area contributed by atoms with Gasteiger partial charge in [0.2, 0.25) is 5.91 Å². The van der Waals surface area contributed by atoms with Gasteiger partial charge in [-0.2, -0.15) is 0 Å². The van der Waals surface area contributed by atoms with Gasteiger partial charge < -0.3 is 14.8 Å². The maximum Gasteiger partial charge on any atom is 0.217 e. The molecular formula is C8H12N4O3. The molecule has 2 aliphatic heterocycles. The van der Waals surface area contributed by atoms with Crippen molar-refractivity contribution in [2.24, 2.45) is 5.11 Å². The van der Waals surface area contributed by atoms with Gasteiger partial charge in [0.25, 0.3) is 0 Å². The van der Waals surface area contributed by atoms with E-state index in [1.165, 1.54) is 6.92 Å². The number of nitrogens with zero attached hydrogens (tertiary/aromatic N) is 3. The van der Waals surface area contributed by atoms with Crippen molar-refractivity contribution in [1.82, 2.24) is 5.32 Å². The number of amides is 1. The van der Waals surface area contributed by atoms with Crippen molar-refractivity contribution in [3.63, 3.8) is 0 Å². The van der Waals surface area contributed by atoms with Crippen LogP contribution >= 0.6 is 0 Å². The van der Waals surface area contributed by atoms with Crippen LogP contribution in [0, 0.1) is 0 Å². The summed E-state index contributed by atoms with van der Waals surface area (Å²) in [7, 11) is 0. The lowest BCUT2D eigenvalue weighted by Gasteiger charge is -2.24. The highest BCUT2D eigenvalue weighted by molar-refractivity contribution is 5.73. The van der Waals surface area contributed by atoms with Gasteiger partial charge in [-0.3, -0.25) is 4.79 Å². The van der Waals surface area contributed by atoms with Gasteiger partial charge in [0, 0.05) is 11.8 Å². The van der Waals surface area contributed by atoms with E-state index in [0.717, 1.165) is 0 Å². The summed E-state index contributed by atoms with van der Waals surface area (Å²) in [5.74, 6) is -0.0913. The predicted molar refractivity (Wildman–Crippen MR) is 50.0 cm³/mol. The van der Waals surface area contributed by atoms with Crippen LogP contribution in [0.25, 0.3) is 10.4 Å². The molecule has 4 atom stereocenters. The first-order valence-corrected chi connectivity index (χ1v) is 4.77. The molecule has 0 aromatic heterocycles. The molecule has 2 saturated heterocycles. The van der Waals surface area contributed by atoms with Gasteiger partial charge in [-0.25, -0.2) is 0 Å². The van der Waals surface area contributed by atoms with E-state index >= 15 is 0 Å². The largest absolute Gasteiger partial charge is 0.373 e. The molecule has 0 aliphatic carbocycles. The fourth-order valence-electron chi connectivity index (χ4n) is 1.83. The Hall–Kier alpha value is -1.30. The molecule has 0 bridgehead atoms. The number of hydrogen-bond acceptors (Lipinski definition) is 4. The van der Waals surface area contributed by atoms with Crippen molar-refractivity contribution in [3.8, 4) is 0 Å². The van der Waals surface area contributed by atoms with E-state index in [1.54, 1.807) is 0 Å². The molecule has 0 radical (unpaired) electrons. The maximum atomic E-state index is 10.8. The van der Waals surface area contributed by atoms with E-state index < -0.39 is 0 Å². The van der Waals surface area contributed by atoms with E-state index in [-0.39, 0.29) is 36.8 Å². The molecule has 4 unspecified atom stereocenters. The number of azide groups is 1. The highest BCUT2D eigenvalue weighted by Gasteiger charge is 2.53. The molecular weight excluding hydrogens is 200 g/mol. The van der Waals surface area contributed by atoms with Gasteiger partial charge in [-0.15, -0.1) is 0 Å². The molecule has 2 fully saturated rings. The predicted octanol–water partition coefficient (Wildman–Crippen LogP) is -0.0324. The molecule has 2 heterocycles. The molecule has 0 spiro atoms. The summed E-state index contributed by atoms with van der Waals surface area (Å²) in [6.45, 7) is 2.15. The Kier molecular flexibility index (Phi) is 2.77. The number of carbonyl (C=O) groups excluding carboxylic acids is 1. The Morgan fingerprint density at radius 2 is 2.47 bits per heavy atom. The minimum absolute atomic E-state index is 0.0153. The van der Waals surface area contributed by atoms with Crippen molar-refractivity contribution in [2.45, 2.75) is 31.3 Å². The standard InChI is InChI=1S/C8H12N4O3/c1-4(13)11-5-3-14-6(2-10-12-9)8-7(5)15-8/h5-8H,2-3H2,1H3,(H,11,13). The van der Waals surface area contributed by atoms with Crippen molar-refractivity contribution < 1.29 is 14.3 Å². The molecule has 0 aromatic carbocycles. The number of nitrogens with one attached hydrogen (secondary N) is 1. The summed E-state index contributed by atoms with van der Waals surface area (Å²) in [6, 6.07) is -0.0742. The van der Waals surface area contributed by atoms with Gasteiger partial charge in [0.15, 0.2) is 0 Å². The molecule has 1 amide bonds. The van der Waals surface area contributed by atoms with Crippen LogP contribution in [0.1, 0.15) is 6.92 Å². The SMILES string of the molecule is CC(=O)NC1COC(CN=[N+]=[N-])C2OC12. The van der Waals surface area contributed by atoms with Crippen molar-refractivity contribution >= 4 is 5.91 Å². The summed E-state index contributed by atoms with van der Waals surface area (Å²) in [5, 5.41) is 6.20. The Morgan fingerprint density at radius 3 is 3.13 bits per heavy atom. The number of epoxide rings is 1. The van der Waals surface area contributed by atoms with E-state index in [0.29, 0.717) is 6.61 Å². The second-order valence-corrected chi connectivity index (χ2v) is 3.66. The maximum absolute atomic E-state index is 10.8. The zero-order valence-electron chi connectivity index (χ0n) is 8.29. The smallest absolute Gasteiger partial charge is 0.217 e. The molecule has 15 heavy (non-hydrogen) atoms. The summed E-state index contributed by atoms with van der Waals surface area (Å²) in [5.41, 5.74) is 8.17. The highest BCUT2D eigenvalue weighted by Crippen LogP contribution is 2.34. The third kappa shape index (κ3) is 2.20. The molecule has 82 valence electrons. The molecule has 0 aromatic rings. The topological polar surface area (TPSA) is 99.6 Å². The number of carbonyl (C=O) groups is 1. The first-order valence-electron chi connectivity index (χ1n) is 4.77. The Labute approximate surface area is 86.4 Å². The monoisotopic (exact) mass is 212 g/mol. The van der Waals surface area contributed by atoms with Crippen LogP contribution in [0.4, 0.5) is 0 Å². The molecule has 0 saturated carbocycles. The first-order chi connectivity index (χ1) is 7.22. The second kappa shape index (κ2) is 4.06. The lowest BCUT2D eigenvalue weighted by atomic mass is 10.1. The van der Waals surface area contributed by atoms with Gasteiger partial charge >= 0.3 is 0 Å². The van der Waals surface area contributed by atoms with Gasteiger partial charge in [-0.1, -0.05) is 5.11 Å². The minimum atomic E-state index is -0.170. The third-order valence-corrected chi connectivity index (χ3v) is 2.53. The zero-order chi connectivity index (χ0) is 10.8. The number of rotatable bonds is 3. The fourth-order valence-corrected chi connectivity index (χ4v) is 1.83. The Balaban J connectivity index is 1.86. The average Bonchev–Trinajstić information content (AvgIpc) is 2.96. The van der Waals surface area contributed by atoms with Gasteiger partial charge in [-0.05, 0) is 5.53 Å². The average molecular weight is 212 g/mol. The Bertz CT molecular complexity index is 299. The van der Waals surface area contributed by atoms with E-state index in [9.17, 15) is 4.79 Å². The quantitative estimate of drug-likeness (QED) is 0.307. The minimum Gasteiger partial charge on any atom is -0.373 e. The third-order valence-electron chi connectivity index (χ3n) is 2.53. The lowest BCUT2D eigenvalue weighted by Crippen LogP contribution is -2.48. The second-order valence-electron chi connectivity index (χ2n) is 3.66. The lowest BCUT2D eigenvalue weighted by molar-refractivity contribution is -0.120. The van der Waals surface area contributed by atoms with E-state index in [1.807, 2.05) is 0 Å². The fraction of sp³-hybridized carbons (Fsp3) is 0.875. The van der Waals surface area contributed by atoms with Crippen LogP contribution < -0.4 is 5.32 Å². The summed E-state index contributed by atoms with van der Waals surface area (Å²) in [6.07, 6.45) is -0.196. The van der Waals surface area contributed by atoms with E-state index in [4.69, 9.17) is 15.0 Å². The van der Waals surface area contributed by atoms with Crippen LogP contribution in [0.2, 0.25) is 0 Å². The van der Waals surface area contributed by atoms with Crippen molar-refractivity contribution in [2.75, 3.05) is 13.2 Å². The van der Waals surface area contributed by atoms with Crippen LogP contribution in [0.3, 0.4) is 0 Å². The van der Waals surface area contributed by atoms with Crippen molar-refractivity contribution in [1.29, 1.82) is 0 Å². The zero-order valence-corrected chi connectivity index (χ0v) is 8.29. The Morgan fingerprint density at radius 1 is 1.67 bits per heavy atom. The van der Waals surface area contributed by atoms with Crippen LogP contribution in [-0.4, -0.2) is 43.4 Å². The van der Waals surface area contributed by atoms with Crippen LogP contribution in [-0.2, 0) is 14.3 Å². The van der Waals surface area contributed by atoms with Gasteiger partial charge in [0.1, 0.15) is 12.2 Å². The van der Waals surface area contributed by atoms with Crippen molar-refractivity contribution in [3.05, 3.63) is 10.4 Å². The van der Waals surface area contributed by atoms with E-state index in [2.05, 4.69) is 15.3 Å². The molecule has 7 heteroatoms. The van der Waals surface area contributed by atoms with Crippen LogP contribution in [0.15, 0.2) is 5.11 Å². The molecule has 7 nitrogen and oxygen atoms in total.